The third-order valence-corrected chi connectivity index (χ3v) is 5.45. The average Bonchev–Trinajstić information content (AvgIpc) is 3.32. The van der Waals surface area contributed by atoms with E-state index in [9.17, 15) is 9.59 Å². The summed E-state index contributed by atoms with van der Waals surface area (Å²) in [5.74, 6) is 0.467. The van der Waals surface area contributed by atoms with Gasteiger partial charge in [-0.3, -0.25) is 9.59 Å². The van der Waals surface area contributed by atoms with E-state index in [1.165, 1.54) is 0 Å². The van der Waals surface area contributed by atoms with Crippen molar-refractivity contribution in [3.63, 3.8) is 0 Å². The van der Waals surface area contributed by atoms with Crippen LogP contribution in [0.25, 0.3) is 10.9 Å². The Hall–Kier alpha value is -3.13. The van der Waals surface area contributed by atoms with E-state index in [2.05, 4.69) is 10.3 Å². The highest BCUT2D eigenvalue weighted by atomic mass is 16.5. The highest BCUT2D eigenvalue weighted by Crippen LogP contribution is 2.27. The fourth-order valence-corrected chi connectivity index (χ4v) is 3.82. The van der Waals surface area contributed by atoms with Gasteiger partial charge in [-0.25, -0.2) is 4.98 Å². The largest absolute Gasteiger partial charge is 0.383 e. The van der Waals surface area contributed by atoms with Gasteiger partial charge in [0.05, 0.1) is 12.6 Å². The van der Waals surface area contributed by atoms with Crippen LogP contribution in [-0.2, 0) is 18.3 Å². The molecule has 0 fully saturated rings. The summed E-state index contributed by atoms with van der Waals surface area (Å²) < 4.78 is 8.94. The topological polar surface area (TPSA) is 81.4 Å². The van der Waals surface area contributed by atoms with Gasteiger partial charge in [-0.05, 0) is 31.2 Å². The minimum absolute atomic E-state index is 0.0244. The van der Waals surface area contributed by atoms with Crippen LogP contribution in [0.4, 0.5) is 0 Å². The summed E-state index contributed by atoms with van der Waals surface area (Å²) in [5.41, 5.74) is 2.11. The van der Waals surface area contributed by atoms with Crippen molar-refractivity contribution >= 4 is 22.7 Å². The van der Waals surface area contributed by atoms with Crippen molar-refractivity contribution in [2.24, 2.45) is 7.05 Å². The highest BCUT2D eigenvalue weighted by molar-refractivity contribution is 5.98. The molecule has 29 heavy (non-hydrogen) atoms. The van der Waals surface area contributed by atoms with Gasteiger partial charge >= 0.3 is 0 Å². The van der Waals surface area contributed by atoms with E-state index >= 15 is 0 Å². The van der Waals surface area contributed by atoms with E-state index in [1.807, 2.05) is 58.5 Å². The summed E-state index contributed by atoms with van der Waals surface area (Å²) in [4.78, 5) is 31.8. The van der Waals surface area contributed by atoms with E-state index < -0.39 is 0 Å². The summed E-state index contributed by atoms with van der Waals surface area (Å²) in [6.07, 6.45) is 3.74. The molecule has 0 saturated carbocycles. The number of nitrogens with one attached hydrogen (secondary N) is 1. The molecule has 0 unspecified atom stereocenters. The lowest BCUT2D eigenvalue weighted by Gasteiger charge is -2.33. The van der Waals surface area contributed by atoms with E-state index in [0.29, 0.717) is 37.5 Å². The van der Waals surface area contributed by atoms with Gasteiger partial charge in [0, 0.05) is 62.7 Å². The maximum Gasteiger partial charge on any atom is 0.271 e. The second kappa shape index (κ2) is 7.71. The Bertz CT molecular complexity index is 1070. The van der Waals surface area contributed by atoms with Crippen LogP contribution in [0.3, 0.4) is 0 Å². The van der Waals surface area contributed by atoms with Crippen molar-refractivity contribution in [1.82, 2.24) is 24.3 Å². The summed E-state index contributed by atoms with van der Waals surface area (Å²) in [6.45, 7) is 4.01. The molecule has 0 spiro atoms. The molecule has 1 atom stereocenters. The fourth-order valence-electron chi connectivity index (χ4n) is 3.82. The van der Waals surface area contributed by atoms with Crippen LogP contribution in [0.2, 0.25) is 0 Å². The van der Waals surface area contributed by atoms with Crippen molar-refractivity contribution in [2.45, 2.75) is 19.5 Å². The zero-order valence-electron chi connectivity index (χ0n) is 16.9. The van der Waals surface area contributed by atoms with Crippen LogP contribution in [0.1, 0.15) is 39.6 Å². The van der Waals surface area contributed by atoms with Gasteiger partial charge in [0.25, 0.3) is 11.8 Å². The molecule has 4 rings (SSSR count). The van der Waals surface area contributed by atoms with Gasteiger partial charge in [0.2, 0.25) is 0 Å². The molecule has 1 N–H and O–H groups in total. The lowest BCUT2D eigenvalue weighted by Crippen LogP contribution is -2.41. The van der Waals surface area contributed by atoms with E-state index in [-0.39, 0.29) is 17.9 Å². The second-order valence-electron chi connectivity index (χ2n) is 7.30. The number of carbonyl (C=O) groups excluding carboxylic acids is 2. The Morgan fingerprint density at radius 3 is 2.90 bits per heavy atom. The quantitative estimate of drug-likeness (QED) is 0.670. The summed E-state index contributed by atoms with van der Waals surface area (Å²) in [7, 11) is 3.57. The molecule has 0 radical (unpaired) electrons. The number of imidazole rings is 1. The van der Waals surface area contributed by atoms with Crippen LogP contribution in [0.15, 0.2) is 36.7 Å². The Balaban J connectivity index is 1.53. The molecule has 3 aromatic rings. The summed E-state index contributed by atoms with van der Waals surface area (Å²) in [6, 6.07) is 7.56. The van der Waals surface area contributed by atoms with Crippen molar-refractivity contribution in [1.29, 1.82) is 0 Å². The van der Waals surface area contributed by atoms with Crippen LogP contribution in [0, 0.1) is 0 Å². The van der Waals surface area contributed by atoms with Crippen LogP contribution >= 0.6 is 0 Å². The number of amides is 2. The Labute approximate surface area is 169 Å². The first-order valence-electron chi connectivity index (χ1n) is 9.70. The molecule has 0 bridgehead atoms. The van der Waals surface area contributed by atoms with Crippen molar-refractivity contribution < 1.29 is 14.3 Å². The Morgan fingerprint density at radius 1 is 1.28 bits per heavy atom. The molecule has 152 valence electrons. The maximum absolute atomic E-state index is 13.2. The number of aryl methyl sites for hydroxylation is 1. The van der Waals surface area contributed by atoms with Crippen molar-refractivity contribution in [3.05, 3.63) is 53.7 Å². The molecule has 8 nitrogen and oxygen atoms in total. The van der Waals surface area contributed by atoms with Crippen molar-refractivity contribution in [2.75, 3.05) is 26.8 Å². The van der Waals surface area contributed by atoms with E-state index in [0.717, 1.165) is 16.7 Å². The smallest absolute Gasteiger partial charge is 0.271 e. The number of fused-ring (bicyclic) bond motifs is 2. The van der Waals surface area contributed by atoms with Gasteiger partial charge in [-0.2, -0.15) is 0 Å². The molecule has 1 aliphatic heterocycles. The second-order valence-corrected chi connectivity index (χ2v) is 7.30. The normalized spacial score (nSPS) is 16.1. The number of rotatable bonds is 5. The number of methoxy groups -OCH3 is 1. The molecule has 1 aromatic carbocycles. The summed E-state index contributed by atoms with van der Waals surface area (Å²) >= 11 is 0. The number of benzene rings is 1. The molecular weight excluding hydrogens is 370 g/mol. The average molecular weight is 395 g/mol. The van der Waals surface area contributed by atoms with Crippen LogP contribution in [0.5, 0.6) is 0 Å². The fraction of sp³-hybridized carbons (Fsp3) is 0.381. The van der Waals surface area contributed by atoms with Gasteiger partial charge in [0.15, 0.2) is 0 Å². The Kier molecular flexibility index (Phi) is 5.10. The standard InChI is InChI=1S/C21H25N5O3/c1-14-19-23-17(20(27)22-7-11-29-3)13-25(19)9-10-26(14)21(28)16-4-5-18-15(12-16)6-8-24(18)2/h4-6,8,12-14H,7,9-11H2,1-3H3,(H,22,27)/t14-/m0/s1. The van der Waals surface area contributed by atoms with Gasteiger partial charge in [0.1, 0.15) is 11.5 Å². The summed E-state index contributed by atoms with van der Waals surface area (Å²) in [5, 5.41) is 3.82. The lowest BCUT2D eigenvalue weighted by molar-refractivity contribution is 0.0638. The molecular formula is C21H25N5O3. The van der Waals surface area contributed by atoms with Crippen LogP contribution in [-0.4, -0.2) is 57.6 Å². The monoisotopic (exact) mass is 395 g/mol. The van der Waals surface area contributed by atoms with E-state index in [1.54, 1.807) is 13.3 Å². The molecule has 1 aliphatic rings. The Morgan fingerprint density at radius 2 is 2.10 bits per heavy atom. The third kappa shape index (κ3) is 3.51. The maximum atomic E-state index is 13.2. The predicted molar refractivity (Wildman–Crippen MR) is 109 cm³/mol. The highest BCUT2D eigenvalue weighted by Gasteiger charge is 2.31. The molecule has 3 heterocycles. The third-order valence-electron chi connectivity index (χ3n) is 5.45. The first kappa shape index (κ1) is 19.2. The molecule has 0 saturated heterocycles. The number of nitrogens with zero attached hydrogens (tertiary/aromatic N) is 4. The number of carbonyl (C=O) groups is 2. The zero-order chi connectivity index (χ0) is 20.5. The number of aromatic nitrogens is 3. The number of hydrogen-bond donors (Lipinski definition) is 1. The predicted octanol–water partition coefficient (Wildman–Crippen LogP) is 1.97. The zero-order valence-corrected chi connectivity index (χ0v) is 16.9. The SMILES string of the molecule is COCCNC(=O)c1cn2c(n1)[C@H](C)N(C(=O)c1ccc3c(ccn3C)c1)CC2. The number of ether oxygens (including phenoxy) is 1. The first-order valence-corrected chi connectivity index (χ1v) is 9.70. The molecule has 2 aromatic heterocycles. The van der Waals surface area contributed by atoms with Gasteiger partial charge < -0.3 is 24.1 Å². The van der Waals surface area contributed by atoms with Crippen LogP contribution < -0.4 is 5.32 Å². The lowest BCUT2D eigenvalue weighted by atomic mass is 10.1. The first-order chi connectivity index (χ1) is 14.0. The van der Waals surface area contributed by atoms with Crippen molar-refractivity contribution in [3.8, 4) is 0 Å². The molecule has 8 heteroatoms. The minimum Gasteiger partial charge on any atom is -0.383 e. The van der Waals surface area contributed by atoms with Gasteiger partial charge in [-0.1, -0.05) is 0 Å². The van der Waals surface area contributed by atoms with Gasteiger partial charge in [-0.15, -0.1) is 0 Å². The van der Waals surface area contributed by atoms with E-state index in [4.69, 9.17) is 4.74 Å². The number of hydrogen-bond acceptors (Lipinski definition) is 4. The molecule has 2 amide bonds. The molecule has 0 aliphatic carbocycles. The minimum atomic E-state index is -0.233.